The van der Waals surface area contributed by atoms with Gasteiger partial charge in [-0.15, -0.1) is 0 Å². The highest BCUT2D eigenvalue weighted by Gasteiger charge is 2.70. The molecule has 4 saturated carbocycles. The SMILES string of the molecule is CC(=O)OC1CC2(O)C3CCC4CC(OC(=O)NCCN5CCN(C)CC5=O)CCC4(C)C3CCC2(C)C1c1ccc(=O)oc1. The number of nitrogens with one attached hydrogen (secondary N) is 1. The third-order valence-corrected chi connectivity index (χ3v) is 12.6. The fraction of sp³-hybridized carbons (Fsp3) is 0.765. The number of aliphatic hydroxyl groups is 1. The zero-order chi connectivity index (χ0) is 32.1. The van der Waals surface area contributed by atoms with E-state index >= 15 is 0 Å². The predicted molar refractivity (Wildman–Crippen MR) is 164 cm³/mol. The maximum absolute atomic E-state index is 12.7. The Bertz CT molecular complexity index is 1350. The Balaban J connectivity index is 1.11. The molecular formula is C34H49N3O8. The molecule has 1 aromatic rings. The van der Waals surface area contributed by atoms with Crippen LogP contribution in [0.15, 0.2) is 27.6 Å². The zero-order valence-corrected chi connectivity index (χ0v) is 27.1. The molecule has 9 unspecified atom stereocenters. The maximum atomic E-state index is 12.7. The van der Waals surface area contributed by atoms with Crippen molar-refractivity contribution in [2.24, 2.45) is 28.6 Å². The molecule has 2 N–H and O–H groups in total. The first-order valence-electron chi connectivity index (χ1n) is 16.7. The molecule has 0 bridgehead atoms. The Morgan fingerprint density at radius 3 is 2.58 bits per heavy atom. The third kappa shape index (κ3) is 5.68. The van der Waals surface area contributed by atoms with Crippen LogP contribution < -0.4 is 10.9 Å². The van der Waals surface area contributed by atoms with Gasteiger partial charge in [-0.1, -0.05) is 13.8 Å². The largest absolute Gasteiger partial charge is 0.462 e. The van der Waals surface area contributed by atoms with Crippen LogP contribution in [-0.2, 0) is 19.1 Å². The Labute approximate surface area is 265 Å². The number of hydrogen-bond donors (Lipinski definition) is 2. The topological polar surface area (TPSA) is 139 Å². The van der Waals surface area contributed by atoms with Crippen molar-refractivity contribution in [1.29, 1.82) is 0 Å². The predicted octanol–water partition coefficient (Wildman–Crippen LogP) is 3.29. The van der Waals surface area contributed by atoms with Crippen molar-refractivity contribution in [3.63, 3.8) is 0 Å². The number of alkyl carbamates (subject to hydrolysis) is 1. The summed E-state index contributed by atoms with van der Waals surface area (Å²) >= 11 is 0. The van der Waals surface area contributed by atoms with Gasteiger partial charge in [-0.3, -0.25) is 14.5 Å². The molecule has 5 aliphatic rings. The second kappa shape index (κ2) is 12.0. The summed E-state index contributed by atoms with van der Waals surface area (Å²) in [5, 5.41) is 15.6. The van der Waals surface area contributed by atoms with Crippen LogP contribution in [0.3, 0.4) is 0 Å². The first kappa shape index (κ1) is 32.0. The Morgan fingerprint density at radius 1 is 1.07 bits per heavy atom. The van der Waals surface area contributed by atoms with Crippen molar-refractivity contribution in [2.45, 2.75) is 95.9 Å². The minimum Gasteiger partial charge on any atom is -0.462 e. The first-order valence-corrected chi connectivity index (χ1v) is 16.7. The smallest absolute Gasteiger partial charge is 0.407 e. The van der Waals surface area contributed by atoms with E-state index in [1.165, 1.54) is 19.3 Å². The lowest BCUT2D eigenvalue weighted by molar-refractivity contribution is -0.205. The Hall–Kier alpha value is -2.92. The number of carbonyl (C=O) groups excluding carboxylic acids is 3. The second-order valence-corrected chi connectivity index (χ2v) is 14.9. The standard InChI is InChI=1S/C34H49N3O8/c1-21(38)44-27-18-34(42)26-7-6-23-17-24(45-31(41)35-13-14-37-16-15-36(4)19-28(37)39)9-11-32(23,2)25(26)10-12-33(34,3)30(27)22-5-8-29(40)43-20-22/h5,8,20,23-27,30,42H,6-7,9-19H2,1-4H3,(H,35,41). The zero-order valence-electron chi connectivity index (χ0n) is 27.1. The second-order valence-electron chi connectivity index (χ2n) is 14.9. The van der Waals surface area contributed by atoms with Gasteiger partial charge in [0.1, 0.15) is 12.2 Å². The number of hydrogen-bond acceptors (Lipinski definition) is 9. The average Bonchev–Trinajstić information content (AvgIpc) is 3.20. The van der Waals surface area contributed by atoms with E-state index in [2.05, 4.69) is 19.2 Å². The average molecular weight is 628 g/mol. The number of likely N-dealkylation sites (N-methyl/N-ethyl adjacent to an activating group) is 1. The highest BCUT2D eigenvalue weighted by atomic mass is 16.6. The molecule has 11 nitrogen and oxygen atoms in total. The minimum atomic E-state index is -1.04. The first-order chi connectivity index (χ1) is 21.3. The van der Waals surface area contributed by atoms with Crippen LogP contribution in [0.5, 0.6) is 0 Å². The number of piperazine rings is 1. The van der Waals surface area contributed by atoms with Crippen LogP contribution in [-0.4, -0.2) is 90.5 Å². The van der Waals surface area contributed by atoms with Gasteiger partial charge in [0.15, 0.2) is 0 Å². The summed E-state index contributed by atoms with van der Waals surface area (Å²) in [5.74, 6) is 0.156. The summed E-state index contributed by atoms with van der Waals surface area (Å²) in [5.41, 5.74) is -1.24. The van der Waals surface area contributed by atoms with Gasteiger partial charge in [0, 0.05) is 56.9 Å². The van der Waals surface area contributed by atoms with Gasteiger partial charge in [-0.2, -0.15) is 0 Å². The van der Waals surface area contributed by atoms with Crippen molar-refractivity contribution in [2.75, 3.05) is 39.8 Å². The van der Waals surface area contributed by atoms with Crippen LogP contribution in [0, 0.1) is 28.6 Å². The number of nitrogens with zero attached hydrogens (tertiary/aromatic N) is 2. The number of amides is 2. The van der Waals surface area contributed by atoms with E-state index in [4.69, 9.17) is 13.9 Å². The molecule has 1 saturated heterocycles. The van der Waals surface area contributed by atoms with Crippen molar-refractivity contribution in [3.8, 4) is 0 Å². The molecule has 0 aromatic carbocycles. The van der Waals surface area contributed by atoms with Crippen molar-refractivity contribution < 1.29 is 33.4 Å². The summed E-state index contributed by atoms with van der Waals surface area (Å²) in [6.07, 6.45) is 6.76. The molecule has 2 heterocycles. The quantitative estimate of drug-likeness (QED) is 0.455. The number of ether oxygens (including phenoxy) is 2. The monoisotopic (exact) mass is 627 g/mol. The molecule has 11 heteroatoms. The lowest BCUT2D eigenvalue weighted by Gasteiger charge is -2.63. The molecule has 1 aromatic heterocycles. The normalized spacial score (nSPS) is 39.8. The lowest BCUT2D eigenvalue weighted by Crippen LogP contribution is -2.62. The Morgan fingerprint density at radius 2 is 1.87 bits per heavy atom. The molecule has 45 heavy (non-hydrogen) atoms. The molecule has 9 atom stereocenters. The Kier molecular flexibility index (Phi) is 8.56. The maximum Gasteiger partial charge on any atom is 0.407 e. The summed E-state index contributed by atoms with van der Waals surface area (Å²) in [6.45, 7) is 8.65. The number of esters is 1. The van der Waals surface area contributed by atoms with Gasteiger partial charge in [-0.05, 0) is 86.8 Å². The van der Waals surface area contributed by atoms with Crippen LogP contribution >= 0.6 is 0 Å². The van der Waals surface area contributed by atoms with Crippen molar-refractivity contribution >= 4 is 18.0 Å². The van der Waals surface area contributed by atoms with Crippen molar-refractivity contribution in [1.82, 2.24) is 15.1 Å². The van der Waals surface area contributed by atoms with Crippen molar-refractivity contribution in [3.05, 3.63) is 34.4 Å². The van der Waals surface area contributed by atoms with Crippen LogP contribution in [0.25, 0.3) is 0 Å². The van der Waals surface area contributed by atoms with Gasteiger partial charge in [-0.25, -0.2) is 9.59 Å². The molecule has 0 radical (unpaired) electrons. The van der Waals surface area contributed by atoms with Gasteiger partial charge < -0.3 is 29.2 Å². The van der Waals surface area contributed by atoms with Gasteiger partial charge in [0.05, 0.1) is 18.4 Å². The van der Waals surface area contributed by atoms with Crippen LogP contribution in [0.1, 0.15) is 83.6 Å². The summed E-state index contributed by atoms with van der Waals surface area (Å²) in [4.78, 5) is 52.6. The van der Waals surface area contributed by atoms with E-state index in [1.807, 2.05) is 11.9 Å². The van der Waals surface area contributed by atoms with E-state index < -0.39 is 28.8 Å². The summed E-state index contributed by atoms with van der Waals surface area (Å²) < 4.78 is 17.0. The van der Waals surface area contributed by atoms with E-state index in [0.29, 0.717) is 44.4 Å². The third-order valence-electron chi connectivity index (χ3n) is 12.6. The number of fused-ring (bicyclic) bond motifs is 5. The molecule has 248 valence electrons. The van der Waals surface area contributed by atoms with Crippen LogP contribution in [0.4, 0.5) is 4.79 Å². The summed E-state index contributed by atoms with van der Waals surface area (Å²) in [6, 6.07) is 3.14. The fourth-order valence-corrected chi connectivity index (χ4v) is 10.3. The fourth-order valence-electron chi connectivity index (χ4n) is 10.3. The highest BCUT2D eigenvalue weighted by Crippen LogP contribution is 2.71. The van der Waals surface area contributed by atoms with Gasteiger partial charge >= 0.3 is 17.7 Å². The van der Waals surface area contributed by atoms with Crippen LogP contribution in [0.2, 0.25) is 0 Å². The number of carbonyl (C=O) groups is 3. The molecule has 2 amide bonds. The lowest BCUT2D eigenvalue weighted by atomic mass is 9.43. The molecule has 6 rings (SSSR count). The van der Waals surface area contributed by atoms with E-state index in [-0.39, 0.29) is 35.2 Å². The van der Waals surface area contributed by atoms with E-state index in [0.717, 1.165) is 57.1 Å². The van der Waals surface area contributed by atoms with Gasteiger partial charge in [0.25, 0.3) is 0 Å². The molecular weight excluding hydrogens is 578 g/mol. The number of rotatable bonds is 6. The highest BCUT2D eigenvalue weighted by molar-refractivity contribution is 5.79. The molecule has 1 aliphatic heterocycles. The van der Waals surface area contributed by atoms with E-state index in [9.17, 15) is 24.3 Å². The summed E-state index contributed by atoms with van der Waals surface area (Å²) in [7, 11) is 1.93. The van der Waals surface area contributed by atoms with E-state index in [1.54, 1.807) is 11.0 Å². The molecule has 0 spiro atoms. The minimum absolute atomic E-state index is 0.00660. The van der Waals surface area contributed by atoms with Gasteiger partial charge in [0.2, 0.25) is 5.91 Å². The molecule has 4 aliphatic carbocycles. The molecule has 5 fully saturated rings.